The fourth-order valence-corrected chi connectivity index (χ4v) is 3.24. The van der Waals surface area contributed by atoms with Crippen LogP contribution in [-0.4, -0.2) is 29.7 Å². The number of aliphatic hydroxyl groups excluding tert-OH is 1. The molecule has 112 valence electrons. The van der Waals surface area contributed by atoms with E-state index in [1.165, 1.54) is 18.4 Å². The number of rotatable bonds is 7. The maximum absolute atomic E-state index is 10.5. The zero-order valence-corrected chi connectivity index (χ0v) is 13.1. The van der Waals surface area contributed by atoms with Crippen molar-refractivity contribution in [2.75, 3.05) is 13.7 Å². The van der Waals surface area contributed by atoms with E-state index in [-0.39, 0.29) is 0 Å². The van der Waals surface area contributed by atoms with Crippen LogP contribution in [0, 0.1) is 0 Å². The van der Waals surface area contributed by atoms with Crippen LogP contribution in [0.4, 0.5) is 0 Å². The van der Waals surface area contributed by atoms with Gasteiger partial charge in [0.1, 0.15) is 5.75 Å². The fourth-order valence-electron chi connectivity index (χ4n) is 2.58. The molecule has 3 rings (SSSR count). The van der Waals surface area contributed by atoms with Gasteiger partial charge in [0.05, 0.1) is 13.2 Å². The summed E-state index contributed by atoms with van der Waals surface area (Å²) in [5, 5.41) is 14.8. The minimum atomic E-state index is -0.473. The maximum atomic E-state index is 10.5. The van der Waals surface area contributed by atoms with E-state index in [1.807, 2.05) is 24.3 Å². The molecule has 0 bridgehead atoms. The number of ether oxygens (including phenoxy) is 1. The zero-order valence-electron chi connectivity index (χ0n) is 12.2. The first-order valence-corrected chi connectivity index (χ1v) is 8.27. The summed E-state index contributed by atoms with van der Waals surface area (Å²) in [6.07, 6.45) is 2.02. The molecule has 0 radical (unpaired) electrons. The first-order chi connectivity index (χ1) is 10.3. The molecular formula is C17H21NO2S. The van der Waals surface area contributed by atoms with Gasteiger partial charge in [-0.25, -0.2) is 0 Å². The standard InChI is InChI=1S/C17H21NO2S/c1-20-16-4-2-3-14(9-16)17(19)11-18(15-5-6-15)10-13-7-8-21-12-13/h2-4,7-9,12,15,17,19H,5-6,10-11H2,1H3. The van der Waals surface area contributed by atoms with Crippen LogP contribution in [0.5, 0.6) is 5.75 Å². The Labute approximate surface area is 129 Å². The predicted octanol–water partition coefficient (Wildman–Crippen LogP) is 3.45. The largest absolute Gasteiger partial charge is 0.497 e. The molecular weight excluding hydrogens is 282 g/mol. The number of hydrogen-bond acceptors (Lipinski definition) is 4. The lowest BCUT2D eigenvalue weighted by molar-refractivity contribution is 0.104. The topological polar surface area (TPSA) is 32.7 Å². The van der Waals surface area contributed by atoms with Gasteiger partial charge >= 0.3 is 0 Å². The quantitative estimate of drug-likeness (QED) is 0.850. The van der Waals surface area contributed by atoms with Gasteiger partial charge in [-0.15, -0.1) is 0 Å². The highest BCUT2D eigenvalue weighted by atomic mass is 32.1. The number of nitrogens with zero attached hydrogens (tertiary/aromatic N) is 1. The van der Waals surface area contributed by atoms with E-state index in [1.54, 1.807) is 18.4 Å². The molecule has 1 saturated carbocycles. The Morgan fingerprint density at radius 3 is 2.90 bits per heavy atom. The van der Waals surface area contributed by atoms with Crippen LogP contribution in [0.15, 0.2) is 41.1 Å². The van der Waals surface area contributed by atoms with Gasteiger partial charge in [0.15, 0.2) is 0 Å². The van der Waals surface area contributed by atoms with Crippen LogP contribution in [0.25, 0.3) is 0 Å². The lowest BCUT2D eigenvalue weighted by atomic mass is 10.1. The van der Waals surface area contributed by atoms with Crippen LogP contribution in [0.3, 0.4) is 0 Å². The van der Waals surface area contributed by atoms with Crippen molar-refractivity contribution in [2.45, 2.75) is 31.5 Å². The van der Waals surface area contributed by atoms with Crippen molar-refractivity contribution in [1.82, 2.24) is 4.90 Å². The normalized spacial score (nSPS) is 16.1. The van der Waals surface area contributed by atoms with E-state index in [0.717, 1.165) is 17.9 Å². The van der Waals surface area contributed by atoms with Gasteiger partial charge in [-0.05, 0) is 52.9 Å². The first-order valence-electron chi connectivity index (χ1n) is 7.33. The van der Waals surface area contributed by atoms with E-state index in [9.17, 15) is 5.11 Å². The van der Waals surface area contributed by atoms with Crippen molar-refractivity contribution >= 4 is 11.3 Å². The molecule has 3 nitrogen and oxygen atoms in total. The number of hydrogen-bond donors (Lipinski definition) is 1. The molecule has 21 heavy (non-hydrogen) atoms. The summed E-state index contributed by atoms with van der Waals surface area (Å²) in [5.74, 6) is 0.794. The van der Waals surface area contributed by atoms with Crippen LogP contribution in [0.1, 0.15) is 30.1 Å². The molecule has 2 aromatic rings. The number of methoxy groups -OCH3 is 1. The Bertz CT molecular complexity index is 566. The Balaban J connectivity index is 1.67. The van der Waals surface area contributed by atoms with E-state index in [2.05, 4.69) is 21.7 Å². The lowest BCUT2D eigenvalue weighted by Crippen LogP contribution is -2.30. The highest BCUT2D eigenvalue weighted by Gasteiger charge is 2.30. The second-order valence-electron chi connectivity index (χ2n) is 5.58. The molecule has 1 fully saturated rings. The minimum absolute atomic E-state index is 0.473. The van der Waals surface area contributed by atoms with Crippen molar-refractivity contribution in [2.24, 2.45) is 0 Å². The SMILES string of the molecule is COc1cccc(C(O)CN(Cc2ccsc2)C2CC2)c1. The predicted molar refractivity (Wildman–Crippen MR) is 85.7 cm³/mol. The van der Waals surface area contributed by atoms with Gasteiger partial charge in [-0.1, -0.05) is 12.1 Å². The van der Waals surface area contributed by atoms with Crippen molar-refractivity contribution in [3.63, 3.8) is 0 Å². The summed E-state index contributed by atoms with van der Waals surface area (Å²) in [4.78, 5) is 2.40. The summed E-state index contributed by atoms with van der Waals surface area (Å²) in [6, 6.07) is 10.5. The molecule has 1 aliphatic rings. The van der Waals surface area contributed by atoms with E-state index in [0.29, 0.717) is 12.6 Å². The van der Waals surface area contributed by atoms with Gasteiger partial charge in [0.2, 0.25) is 0 Å². The molecule has 0 aliphatic heterocycles. The Hall–Kier alpha value is -1.36. The Kier molecular flexibility index (Phi) is 4.58. The summed E-state index contributed by atoms with van der Waals surface area (Å²) >= 11 is 1.73. The number of benzene rings is 1. The molecule has 0 amide bonds. The molecule has 1 heterocycles. The fraction of sp³-hybridized carbons (Fsp3) is 0.412. The van der Waals surface area contributed by atoms with Crippen molar-refractivity contribution in [3.8, 4) is 5.75 Å². The van der Waals surface area contributed by atoms with Crippen LogP contribution in [0.2, 0.25) is 0 Å². The van der Waals surface area contributed by atoms with E-state index >= 15 is 0 Å². The van der Waals surface area contributed by atoms with Gasteiger partial charge in [-0.2, -0.15) is 11.3 Å². The highest BCUT2D eigenvalue weighted by molar-refractivity contribution is 7.07. The van der Waals surface area contributed by atoms with Gasteiger partial charge in [0, 0.05) is 19.1 Å². The first kappa shape index (κ1) is 14.6. The monoisotopic (exact) mass is 303 g/mol. The van der Waals surface area contributed by atoms with E-state index < -0.39 is 6.10 Å². The molecule has 0 saturated heterocycles. The summed E-state index contributed by atoms with van der Waals surface area (Å²) in [5.41, 5.74) is 2.26. The third-order valence-corrected chi connectivity index (χ3v) is 4.65. The van der Waals surface area contributed by atoms with Gasteiger partial charge in [0.25, 0.3) is 0 Å². The average molecular weight is 303 g/mol. The second-order valence-corrected chi connectivity index (χ2v) is 6.36. The molecule has 0 spiro atoms. The van der Waals surface area contributed by atoms with Crippen LogP contribution in [-0.2, 0) is 6.54 Å². The lowest BCUT2D eigenvalue weighted by Gasteiger charge is -2.25. The molecule has 1 aromatic heterocycles. The number of aliphatic hydroxyl groups is 1. The molecule has 1 N–H and O–H groups in total. The Morgan fingerprint density at radius 1 is 1.38 bits per heavy atom. The summed E-state index contributed by atoms with van der Waals surface area (Å²) in [6.45, 7) is 1.60. The molecule has 1 aromatic carbocycles. The van der Waals surface area contributed by atoms with Crippen LogP contribution >= 0.6 is 11.3 Å². The van der Waals surface area contributed by atoms with Crippen molar-refractivity contribution < 1.29 is 9.84 Å². The molecule has 1 atom stereocenters. The summed E-state index contributed by atoms with van der Waals surface area (Å²) in [7, 11) is 1.65. The molecule has 1 aliphatic carbocycles. The zero-order chi connectivity index (χ0) is 14.7. The van der Waals surface area contributed by atoms with Crippen molar-refractivity contribution in [3.05, 3.63) is 52.2 Å². The van der Waals surface area contributed by atoms with Crippen LogP contribution < -0.4 is 4.74 Å². The highest BCUT2D eigenvalue weighted by Crippen LogP contribution is 2.31. The Morgan fingerprint density at radius 2 is 2.24 bits per heavy atom. The third kappa shape index (κ3) is 3.84. The average Bonchev–Trinajstić information content (AvgIpc) is 3.24. The van der Waals surface area contributed by atoms with E-state index in [4.69, 9.17) is 4.74 Å². The van der Waals surface area contributed by atoms with Gasteiger partial charge in [-0.3, -0.25) is 4.90 Å². The maximum Gasteiger partial charge on any atom is 0.119 e. The smallest absolute Gasteiger partial charge is 0.119 e. The minimum Gasteiger partial charge on any atom is -0.497 e. The molecule has 1 unspecified atom stereocenters. The number of thiophene rings is 1. The van der Waals surface area contributed by atoms with Gasteiger partial charge < -0.3 is 9.84 Å². The van der Waals surface area contributed by atoms with Crippen molar-refractivity contribution in [1.29, 1.82) is 0 Å². The molecule has 4 heteroatoms. The third-order valence-electron chi connectivity index (χ3n) is 3.92. The second kappa shape index (κ2) is 6.60. The summed E-state index contributed by atoms with van der Waals surface area (Å²) < 4.78 is 5.23.